The van der Waals surface area contributed by atoms with Crippen LogP contribution in [0.25, 0.3) is 0 Å². The molecule has 112 valence electrons. The van der Waals surface area contributed by atoms with Gasteiger partial charge in [-0.1, -0.05) is 19.9 Å². The molecule has 1 aromatic rings. The summed E-state index contributed by atoms with van der Waals surface area (Å²) in [6, 6.07) is 5.49. The van der Waals surface area contributed by atoms with Crippen LogP contribution in [0.1, 0.15) is 51.6 Å². The molecular weight excluding hydrogens is 251 g/mol. The molecule has 1 aromatic carbocycles. The second kappa shape index (κ2) is 6.13. The molecule has 1 atom stereocenters. The van der Waals surface area contributed by atoms with Gasteiger partial charge in [0.1, 0.15) is 5.82 Å². The minimum atomic E-state index is -0.102. The van der Waals surface area contributed by atoms with E-state index in [0.29, 0.717) is 5.41 Å². The van der Waals surface area contributed by atoms with Crippen molar-refractivity contribution in [1.82, 2.24) is 5.32 Å². The van der Waals surface area contributed by atoms with Gasteiger partial charge in [0.15, 0.2) is 0 Å². The van der Waals surface area contributed by atoms with Crippen LogP contribution < -0.4 is 10.2 Å². The van der Waals surface area contributed by atoms with Crippen molar-refractivity contribution in [2.45, 2.75) is 46.1 Å². The predicted molar refractivity (Wildman–Crippen MR) is 83.7 cm³/mol. The van der Waals surface area contributed by atoms with E-state index in [9.17, 15) is 4.39 Å². The minimum absolute atomic E-state index is 0.0319. The molecular formula is C17H27FN2. The highest BCUT2D eigenvalue weighted by Crippen LogP contribution is 2.41. The molecule has 0 saturated carbocycles. The van der Waals surface area contributed by atoms with Crippen LogP contribution in [0.2, 0.25) is 0 Å². The topological polar surface area (TPSA) is 15.3 Å². The number of nitrogens with zero attached hydrogens (tertiary/aromatic N) is 1. The largest absolute Gasteiger partial charge is 0.371 e. The van der Waals surface area contributed by atoms with Crippen LogP contribution in [-0.2, 0) is 0 Å². The Morgan fingerprint density at radius 2 is 2.05 bits per heavy atom. The van der Waals surface area contributed by atoms with Crippen molar-refractivity contribution in [3.05, 3.63) is 29.6 Å². The van der Waals surface area contributed by atoms with Gasteiger partial charge in [-0.2, -0.15) is 0 Å². The van der Waals surface area contributed by atoms with E-state index in [2.05, 4.69) is 30.1 Å². The van der Waals surface area contributed by atoms with Crippen LogP contribution in [0.4, 0.5) is 10.1 Å². The van der Waals surface area contributed by atoms with Crippen molar-refractivity contribution in [2.75, 3.05) is 25.0 Å². The Labute approximate surface area is 122 Å². The normalized spacial score (nSPS) is 19.4. The molecule has 0 aromatic heterocycles. The van der Waals surface area contributed by atoms with Gasteiger partial charge < -0.3 is 10.2 Å². The Morgan fingerprint density at radius 3 is 2.60 bits per heavy atom. The first kappa shape index (κ1) is 15.3. The first-order valence-electron chi connectivity index (χ1n) is 7.77. The van der Waals surface area contributed by atoms with E-state index in [1.165, 1.54) is 19.3 Å². The lowest BCUT2D eigenvalue weighted by molar-refractivity contribution is 0.301. The SMILES string of the molecule is CCC1(CC)CCN(c2cccc(F)c2C(C)NC)C1. The molecule has 2 nitrogen and oxygen atoms in total. The highest BCUT2D eigenvalue weighted by atomic mass is 19.1. The summed E-state index contributed by atoms with van der Waals surface area (Å²) in [5.74, 6) is -0.102. The molecule has 0 radical (unpaired) electrons. The number of anilines is 1. The second-order valence-electron chi connectivity index (χ2n) is 6.06. The van der Waals surface area contributed by atoms with E-state index in [-0.39, 0.29) is 11.9 Å². The third-order valence-corrected chi connectivity index (χ3v) is 5.17. The Balaban J connectivity index is 2.33. The average Bonchev–Trinajstić information content (AvgIpc) is 2.91. The number of rotatable bonds is 5. The summed E-state index contributed by atoms with van der Waals surface area (Å²) in [6.45, 7) is 8.65. The summed E-state index contributed by atoms with van der Waals surface area (Å²) in [5.41, 5.74) is 2.28. The Kier molecular flexibility index (Phi) is 4.69. The summed E-state index contributed by atoms with van der Waals surface area (Å²) in [5, 5.41) is 3.17. The van der Waals surface area contributed by atoms with E-state index >= 15 is 0 Å². The smallest absolute Gasteiger partial charge is 0.130 e. The van der Waals surface area contributed by atoms with Gasteiger partial charge in [-0.05, 0) is 50.8 Å². The molecule has 0 amide bonds. The number of hydrogen-bond acceptors (Lipinski definition) is 2. The van der Waals surface area contributed by atoms with Crippen LogP contribution >= 0.6 is 0 Å². The molecule has 1 N–H and O–H groups in total. The minimum Gasteiger partial charge on any atom is -0.371 e. The maximum absolute atomic E-state index is 14.2. The summed E-state index contributed by atoms with van der Waals surface area (Å²) in [6.07, 6.45) is 3.61. The van der Waals surface area contributed by atoms with Crippen molar-refractivity contribution in [1.29, 1.82) is 0 Å². The van der Waals surface area contributed by atoms with Gasteiger partial charge in [-0.15, -0.1) is 0 Å². The summed E-state index contributed by atoms with van der Waals surface area (Å²) < 4.78 is 14.2. The van der Waals surface area contributed by atoms with E-state index < -0.39 is 0 Å². The third kappa shape index (κ3) is 2.69. The lowest BCUT2D eigenvalue weighted by atomic mass is 9.82. The molecule has 1 fully saturated rings. The van der Waals surface area contributed by atoms with Crippen molar-refractivity contribution < 1.29 is 4.39 Å². The zero-order valence-electron chi connectivity index (χ0n) is 13.2. The maximum Gasteiger partial charge on any atom is 0.130 e. The average molecular weight is 278 g/mol. The van der Waals surface area contributed by atoms with Gasteiger partial charge in [-0.3, -0.25) is 0 Å². The first-order valence-corrected chi connectivity index (χ1v) is 7.77. The fourth-order valence-electron chi connectivity index (χ4n) is 3.34. The summed E-state index contributed by atoms with van der Waals surface area (Å²) >= 11 is 0. The lowest BCUT2D eigenvalue weighted by Crippen LogP contribution is -2.28. The third-order valence-electron chi connectivity index (χ3n) is 5.17. The molecule has 3 heteroatoms. The highest BCUT2D eigenvalue weighted by Gasteiger charge is 2.36. The van der Waals surface area contributed by atoms with Crippen LogP contribution in [0.5, 0.6) is 0 Å². The van der Waals surface area contributed by atoms with Gasteiger partial charge in [-0.25, -0.2) is 4.39 Å². The fraction of sp³-hybridized carbons (Fsp3) is 0.647. The molecule has 0 aliphatic carbocycles. The van der Waals surface area contributed by atoms with E-state index in [4.69, 9.17) is 0 Å². The second-order valence-corrected chi connectivity index (χ2v) is 6.06. The van der Waals surface area contributed by atoms with Crippen LogP contribution in [0, 0.1) is 11.2 Å². The van der Waals surface area contributed by atoms with Gasteiger partial charge in [0.05, 0.1) is 0 Å². The molecule has 1 heterocycles. The number of benzene rings is 1. The van der Waals surface area contributed by atoms with Gasteiger partial charge in [0, 0.05) is 30.4 Å². The maximum atomic E-state index is 14.2. The Morgan fingerprint density at radius 1 is 1.35 bits per heavy atom. The molecule has 1 saturated heterocycles. The number of hydrogen-bond donors (Lipinski definition) is 1. The molecule has 1 aliphatic rings. The van der Waals surface area contributed by atoms with Gasteiger partial charge >= 0.3 is 0 Å². The Hall–Kier alpha value is -1.09. The van der Waals surface area contributed by atoms with Crippen LogP contribution in [0.15, 0.2) is 18.2 Å². The van der Waals surface area contributed by atoms with Gasteiger partial charge in [0.25, 0.3) is 0 Å². The van der Waals surface area contributed by atoms with Crippen molar-refractivity contribution in [3.63, 3.8) is 0 Å². The molecule has 20 heavy (non-hydrogen) atoms. The first-order chi connectivity index (χ1) is 9.56. The monoisotopic (exact) mass is 278 g/mol. The number of nitrogens with one attached hydrogen (secondary N) is 1. The van der Waals surface area contributed by atoms with E-state index in [1.54, 1.807) is 6.07 Å². The number of halogens is 1. The predicted octanol–water partition coefficient (Wildman–Crippen LogP) is 4.12. The highest BCUT2D eigenvalue weighted by molar-refractivity contribution is 5.56. The zero-order chi connectivity index (χ0) is 14.8. The molecule has 0 spiro atoms. The van der Waals surface area contributed by atoms with Crippen molar-refractivity contribution >= 4 is 5.69 Å². The van der Waals surface area contributed by atoms with Crippen molar-refractivity contribution in [2.24, 2.45) is 5.41 Å². The zero-order valence-corrected chi connectivity index (χ0v) is 13.2. The van der Waals surface area contributed by atoms with Gasteiger partial charge in [0.2, 0.25) is 0 Å². The summed E-state index contributed by atoms with van der Waals surface area (Å²) in [7, 11) is 1.88. The van der Waals surface area contributed by atoms with E-state index in [1.807, 2.05) is 20.0 Å². The van der Waals surface area contributed by atoms with Crippen molar-refractivity contribution in [3.8, 4) is 0 Å². The van der Waals surface area contributed by atoms with Crippen LogP contribution in [0.3, 0.4) is 0 Å². The van der Waals surface area contributed by atoms with Crippen LogP contribution in [-0.4, -0.2) is 20.1 Å². The lowest BCUT2D eigenvalue weighted by Gasteiger charge is -2.29. The Bertz CT molecular complexity index is 454. The van der Waals surface area contributed by atoms with E-state index in [0.717, 1.165) is 24.3 Å². The quantitative estimate of drug-likeness (QED) is 0.871. The molecule has 1 unspecified atom stereocenters. The standard InChI is InChI=1S/C17H27FN2/c1-5-17(6-2)10-11-20(12-17)15-9-7-8-14(18)16(15)13(3)19-4/h7-9,13,19H,5-6,10-12H2,1-4H3. The molecule has 0 bridgehead atoms. The molecule has 2 rings (SSSR count). The molecule has 1 aliphatic heterocycles. The summed E-state index contributed by atoms with van der Waals surface area (Å²) in [4.78, 5) is 2.37. The fourth-order valence-corrected chi connectivity index (χ4v) is 3.34.